The molecule has 2 unspecified atom stereocenters. The molecule has 16 heavy (non-hydrogen) atoms. The van der Waals surface area contributed by atoms with Gasteiger partial charge in [-0.15, -0.1) is 0 Å². The Hall–Kier alpha value is 0.270. The van der Waals surface area contributed by atoms with Crippen LogP contribution in [0.15, 0.2) is 0 Å². The van der Waals surface area contributed by atoms with Crippen molar-refractivity contribution >= 4 is 11.8 Å². The van der Waals surface area contributed by atoms with Crippen LogP contribution in [-0.4, -0.2) is 35.8 Å². The van der Waals surface area contributed by atoms with Crippen molar-refractivity contribution in [1.29, 1.82) is 0 Å². The minimum Gasteiger partial charge on any atom is -0.375 e. The van der Waals surface area contributed by atoms with Crippen molar-refractivity contribution in [2.24, 2.45) is 0 Å². The van der Waals surface area contributed by atoms with Gasteiger partial charge in [0, 0.05) is 17.3 Å². The van der Waals surface area contributed by atoms with Gasteiger partial charge in [-0.25, -0.2) is 0 Å². The smallest absolute Gasteiger partial charge is 0.0565 e. The molecule has 1 saturated carbocycles. The number of nitrogens with one attached hydrogen (secondary N) is 1. The first kappa shape index (κ1) is 12.7. The largest absolute Gasteiger partial charge is 0.375 e. The predicted octanol–water partition coefficient (Wildman–Crippen LogP) is 2.82. The molecule has 1 heterocycles. The number of rotatable bonds is 4. The van der Waals surface area contributed by atoms with Crippen LogP contribution in [0.25, 0.3) is 0 Å². The normalized spacial score (nSPS) is 38.1. The van der Waals surface area contributed by atoms with E-state index in [1.807, 2.05) is 0 Å². The van der Waals surface area contributed by atoms with Crippen LogP contribution in [0.3, 0.4) is 0 Å². The maximum atomic E-state index is 5.77. The van der Waals surface area contributed by atoms with E-state index >= 15 is 0 Å². The van der Waals surface area contributed by atoms with Crippen LogP contribution in [0.1, 0.15) is 46.0 Å². The van der Waals surface area contributed by atoms with Crippen LogP contribution in [0.2, 0.25) is 0 Å². The monoisotopic (exact) mass is 243 g/mol. The van der Waals surface area contributed by atoms with Crippen molar-refractivity contribution in [1.82, 2.24) is 5.32 Å². The van der Waals surface area contributed by atoms with Crippen molar-refractivity contribution in [3.8, 4) is 0 Å². The average molecular weight is 243 g/mol. The van der Waals surface area contributed by atoms with E-state index < -0.39 is 0 Å². The molecule has 0 aromatic heterocycles. The summed E-state index contributed by atoms with van der Waals surface area (Å²) in [6.07, 6.45) is 9.68. The Bertz CT molecular complexity index is 214. The van der Waals surface area contributed by atoms with E-state index in [1.165, 1.54) is 38.6 Å². The van der Waals surface area contributed by atoms with Crippen LogP contribution < -0.4 is 5.32 Å². The molecule has 1 aliphatic heterocycles. The first-order valence-corrected chi connectivity index (χ1v) is 7.80. The van der Waals surface area contributed by atoms with Gasteiger partial charge in [-0.1, -0.05) is 6.42 Å². The second kappa shape index (κ2) is 5.28. The lowest BCUT2D eigenvalue weighted by Gasteiger charge is -2.42. The Labute approximate surface area is 104 Å². The third kappa shape index (κ3) is 2.93. The quantitative estimate of drug-likeness (QED) is 0.820. The lowest BCUT2D eigenvalue weighted by atomic mass is 9.83. The Balaban J connectivity index is 1.76. The van der Waals surface area contributed by atoms with E-state index in [0.717, 1.165) is 0 Å². The third-order valence-electron chi connectivity index (χ3n) is 4.11. The molecule has 0 amide bonds. The second-order valence-electron chi connectivity index (χ2n) is 5.55. The molecule has 0 radical (unpaired) electrons. The first-order chi connectivity index (χ1) is 7.63. The standard InChI is InChI=1S/C13H25NOS/c1-10-7-12(8-11(2)15-10)14-9-13(16-3)5-4-6-13/h10-12,14H,4-9H2,1-3H3. The van der Waals surface area contributed by atoms with E-state index in [2.05, 4.69) is 37.2 Å². The van der Waals surface area contributed by atoms with Crippen LogP contribution in [0.4, 0.5) is 0 Å². The van der Waals surface area contributed by atoms with Crippen LogP contribution in [-0.2, 0) is 4.74 Å². The topological polar surface area (TPSA) is 21.3 Å². The molecule has 0 bridgehead atoms. The zero-order valence-corrected chi connectivity index (χ0v) is 11.6. The van der Waals surface area contributed by atoms with Gasteiger partial charge < -0.3 is 10.1 Å². The van der Waals surface area contributed by atoms with Gasteiger partial charge in [0.05, 0.1) is 12.2 Å². The highest BCUT2D eigenvalue weighted by atomic mass is 32.2. The van der Waals surface area contributed by atoms with Crippen LogP contribution in [0, 0.1) is 0 Å². The fraction of sp³-hybridized carbons (Fsp3) is 1.00. The van der Waals surface area contributed by atoms with E-state index in [9.17, 15) is 0 Å². The molecule has 0 spiro atoms. The predicted molar refractivity (Wildman–Crippen MR) is 71.1 cm³/mol. The van der Waals surface area contributed by atoms with Gasteiger partial charge in [0.2, 0.25) is 0 Å². The van der Waals surface area contributed by atoms with E-state index in [-0.39, 0.29) is 0 Å². The Morgan fingerprint density at radius 1 is 1.25 bits per heavy atom. The van der Waals surface area contributed by atoms with Crippen LogP contribution >= 0.6 is 11.8 Å². The Morgan fingerprint density at radius 3 is 2.31 bits per heavy atom. The van der Waals surface area contributed by atoms with Crippen molar-refractivity contribution in [3.63, 3.8) is 0 Å². The summed E-state index contributed by atoms with van der Waals surface area (Å²) >= 11 is 2.06. The third-order valence-corrected chi connectivity index (χ3v) is 5.53. The fourth-order valence-electron chi connectivity index (χ4n) is 2.93. The molecular weight excluding hydrogens is 218 g/mol. The first-order valence-electron chi connectivity index (χ1n) is 6.57. The summed E-state index contributed by atoms with van der Waals surface area (Å²) in [5, 5.41) is 3.78. The molecule has 1 N–H and O–H groups in total. The summed E-state index contributed by atoms with van der Waals surface area (Å²) in [7, 11) is 0. The number of hydrogen-bond donors (Lipinski definition) is 1. The lowest BCUT2D eigenvalue weighted by molar-refractivity contribution is -0.0425. The summed E-state index contributed by atoms with van der Waals surface area (Å²) in [6.45, 7) is 5.58. The van der Waals surface area contributed by atoms with Crippen molar-refractivity contribution in [2.75, 3.05) is 12.8 Å². The second-order valence-corrected chi connectivity index (χ2v) is 6.82. The van der Waals surface area contributed by atoms with Gasteiger partial charge in [0.1, 0.15) is 0 Å². The van der Waals surface area contributed by atoms with Crippen LogP contribution in [0.5, 0.6) is 0 Å². The van der Waals surface area contributed by atoms with Gasteiger partial charge in [0.25, 0.3) is 0 Å². The Kier molecular flexibility index (Phi) is 4.20. The van der Waals surface area contributed by atoms with Gasteiger partial charge >= 0.3 is 0 Å². The SMILES string of the molecule is CSC1(CNC2CC(C)OC(C)C2)CCC1. The molecule has 2 rings (SSSR count). The highest BCUT2D eigenvalue weighted by Crippen LogP contribution is 2.42. The highest BCUT2D eigenvalue weighted by Gasteiger charge is 2.36. The van der Waals surface area contributed by atoms with Crippen molar-refractivity contribution in [3.05, 3.63) is 0 Å². The molecule has 2 fully saturated rings. The number of ether oxygens (including phenoxy) is 1. The van der Waals surface area contributed by atoms with Gasteiger partial charge in [0.15, 0.2) is 0 Å². The molecule has 2 aliphatic rings. The average Bonchev–Trinajstić information content (AvgIpc) is 2.15. The van der Waals surface area contributed by atoms with E-state index in [0.29, 0.717) is 23.0 Å². The minimum absolute atomic E-state index is 0.424. The maximum absolute atomic E-state index is 5.77. The summed E-state index contributed by atoms with van der Waals surface area (Å²) < 4.78 is 6.33. The molecule has 3 heteroatoms. The molecule has 1 aliphatic carbocycles. The summed E-state index contributed by atoms with van der Waals surface area (Å²) in [4.78, 5) is 0. The van der Waals surface area contributed by atoms with E-state index in [1.54, 1.807) is 0 Å². The van der Waals surface area contributed by atoms with Gasteiger partial charge in [-0.2, -0.15) is 11.8 Å². The zero-order chi connectivity index (χ0) is 11.6. The highest BCUT2D eigenvalue weighted by molar-refractivity contribution is 8.00. The molecule has 0 aromatic carbocycles. The van der Waals surface area contributed by atoms with Crippen molar-refractivity contribution < 1.29 is 4.74 Å². The number of hydrogen-bond acceptors (Lipinski definition) is 3. The summed E-state index contributed by atoms with van der Waals surface area (Å²) in [6, 6.07) is 0.670. The fourth-order valence-corrected chi connectivity index (χ4v) is 3.85. The van der Waals surface area contributed by atoms with Gasteiger partial charge in [-0.3, -0.25) is 0 Å². The maximum Gasteiger partial charge on any atom is 0.0565 e. The molecular formula is C13H25NOS. The zero-order valence-electron chi connectivity index (χ0n) is 10.8. The van der Waals surface area contributed by atoms with E-state index in [4.69, 9.17) is 4.74 Å². The Morgan fingerprint density at radius 2 is 1.88 bits per heavy atom. The van der Waals surface area contributed by atoms with Crippen molar-refractivity contribution in [2.45, 2.75) is 68.9 Å². The summed E-state index contributed by atoms with van der Waals surface area (Å²) in [5.41, 5.74) is 0. The molecule has 0 aromatic rings. The molecule has 94 valence electrons. The minimum atomic E-state index is 0.424. The molecule has 1 saturated heterocycles. The van der Waals surface area contributed by atoms with Gasteiger partial charge in [-0.05, 0) is 45.8 Å². The molecule has 2 nitrogen and oxygen atoms in total. The molecule has 2 atom stereocenters. The lowest BCUT2D eigenvalue weighted by Crippen LogP contribution is -2.49. The number of thioether (sulfide) groups is 1. The summed E-state index contributed by atoms with van der Waals surface area (Å²) in [5.74, 6) is 0.